The van der Waals surface area contributed by atoms with Gasteiger partial charge in [0.2, 0.25) is 15.9 Å². The van der Waals surface area contributed by atoms with Gasteiger partial charge in [0.1, 0.15) is 0 Å². The average molecular weight is 342 g/mol. The fourth-order valence-corrected chi connectivity index (χ4v) is 2.87. The van der Waals surface area contributed by atoms with Gasteiger partial charge in [0, 0.05) is 12.5 Å². The Morgan fingerprint density at radius 3 is 2.35 bits per heavy atom. The maximum absolute atomic E-state index is 12.1. The number of rotatable bonds is 9. The third-order valence-electron chi connectivity index (χ3n) is 3.16. The van der Waals surface area contributed by atoms with Crippen molar-refractivity contribution in [1.29, 1.82) is 0 Å². The molecule has 0 aromatic heterocycles. The summed E-state index contributed by atoms with van der Waals surface area (Å²) >= 11 is 0. The molecule has 1 aromatic rings. The molecule has 0 heterocycles. The summed E-state index contributed by atoms with van der Waals surface area (Å²) in [6.07, 6.45) is 1.64. The van der Waals surface area contributed by atoms with E-state index in [9.17, 15) is 18.0 Å². The largest absolute Gasteiger partial charge is 0.481 e. The highest BCUT2D eigenvalue weighted by Crippen LogP contribution is 2.08. The zero-order valence-corrected chi connectivity index (χ0v) is 14.0. The summed E-state index contributed by atoms with van der Waals surface area (Å²) in [7, 11) is -3.49. The van der Waals surface area contributed by atoms with Crippen molar-refractivity contribution in [3.63, 3.8) is 0 Å². The van der Waals surface area contributed by atoms with Crippen LogP contribution in [0, 0.1) is 0 Å². The summed E-state index contributed by atoms with van der Waals surface area (Å²) in [6.45, 7) is 1.44. The van der Waals surface area contributed by atoms with Crippen LogP contribution in [0.4, 0.5) is 0 Å². The van der Waals surface area contributed by atoms with Crippen LogP contribution in [0.2, 0.25) is 0 Å². The Kier molecular flexibility index (Phi) is 7.18. The van der Waals surface area contributed by atoms with Gasteiger partial charge < -0.3 is 10.4 Å². The van der Waals surface area contributed by atoms with Gasteiger partial charge in [-0.3, -0.25) is 9.59 Å². The lowest BCUT2D eigenvalue weighted by atomic mass is 10.0. The Labute approximate surface area is 136 Å². The van der Waals surface area contributed by atoms with Crippen LogP contribution in [0.25, 0.3) is 0 Å². The number of carbonyl (C=O) groups is 2. The lowest BCUT2D eigenvalue weighted by Crippen LogP contribution is -2.48. The highest BCUT2D eigenvalue weighted by molar-refractivity contribution is 7.88. The van der Waals surface area contributed by atoms with Gasteiger partial charge in [0.05, 0.1) is 12.3 Å². The van der Waals surface area contributed by atoms with Crippen LogP contribution in [0.3, 0.4) is 0 Å². The number of amides is 1. The Morgan fingerprint density at radius 2 is 1.83 bits per heavy atom. The summed E-state index contributed by atoms with van der Waals surface area (Å²) in [6, 6.07) is 8.05. The van der Waals surface area contributed by atoms with Crippen LogP contribution >= 0.6 is 0 Å². The first-order valence-corrected chi connectivity index (χ1v) is 9.10. The average Bonchev–Trinajstić information content (AvgIpc) is 2.44. The highest BCUT2D eigenvalue weighted by Gasteiger charge is 2.21. The molecule has 0 saturated carbocycles. The van der Waals surface area contributed by atoms with Gasteiger partial charge in [-0.15, -0.1) is 0 Å². The predicted molar refractivity (Wildman–Crippen MR) is 86.4 cm³/mol. The van der Waals surface area contributed by atoms with Crippen molar-refractivity contribution in [2.24, 2.45) is 0 Å². The molecule has 0 saturated heterocycles. The fraction of sp³-hybridized carbons (Fsp3) is 0.467. The number of hydrogen-bond donors (Lipinski definition) is 3. The Bertz CT molecular complexity index is 631. The minimum atomic E-state index is -3.49. The molecule has 0 spiro atoms. The van der Waals surface area contributed by atoms with Crippen LogP contribution in [-0.2, 0) is 26.0 Å². The quantitative estimate of drug-likeness (QED) is 0.605. The Morgan fingerprint density at radius 1 is 1.22 bits per heavy atom. The highest BCUT2D eigenvalue weighted by atomic mass is 32.2. The van der Waals surface area contributed by atoms with Crippen LogP contribution in [0.15, 0.2) is 30.3 Å². The maximum atomic E-state index is 12.1. The zero-order valence-electron chi connectivity index (χ0n) is 13.2. The summed E-state index contributed by atoms with van der Waals surface area (Å²) in [5, 5.41) is 11.5. The van der Waals surface area contributed by atoms with Gasteiger partial charge in [-0.25, -0.2) is 13.1 Å². The Balaban J connectivity index is 2.71. The number of carbonyl (C=O) groups excluding carboxylic acids is 1. The third kappa shape index (κ3) is 8.32. The van der Waals surface area contributed by atoms with Crippen molar-refractivity contribution in [3.05, 3.63) is 35.9 Å². The van der Waals surface area contributed by atoms with E-state index in [1.165, 1.54) is 6.92 Å². The third-order valence-corrected chi connectivity index (χ3v) is 3.94. The molecule has 23 heavy (non-hydrogen) atoms. The van der Waals surface area contributed by atoms with E-state index in [-0.39, 0.29) is 18.9 Å². The van der Waals surface area contributed by atoms with Crippen LogP contribution in [0.1, 0.15) is 25.3 Å². The number of nitrogens with one attached hydrogen (secondary N) is 2. The minimum Gasteiger partial charge on any atom is -0.481 e. The second kappa shape index (κ2) is 8.64. The first-order valence-electron chi connectivity index (χ1n) is 7.21. The molecule has 128 valence electrons. The molecule has 0 fully saturated rings. The molecule has 0 aliphatic heterocycles. The zero-order chi connectivity index (χ0) is 17.5. The molecule has 8 heteroatoms. The first kappa shape index (κ1) is 19.1. The van der Waals surface area contributed by atoms with Crippen molar-refractivity contribution in [3.8, 4) is 0 Å². The van der Waals surface area contributed by atoms with Gasteiger partial charge >= 0.3 is 5.97 Å². The van der Waals surface area contributed by atoms with Gasteiger partial charge in [-0.2, -0.15) is 0 Å². The molecule has 3 N–H and O–H groups in total. The van der Waals surface area contributed by atoms with E-state index < -0.39 is 27.9 Å². The van der Waals surface area contributed by atoms with E-state index >= 15 is 0 Å². The number of carboxylic acids is 1. The van der Waals surface area contributed by atoms with Crippen molar-refractivity contribution in [2.45, 2.75) is 38.3 Å². The van der Waals surface area contributed by atoms with Gasteiger partial charge in [-0.05, 0) is 25.3 Å². The van der Waals surface area contributed by atoms with Gasteiger partial charge in [0.15, 0.2) is 0 Å². The minimum absolute atomic E-state index is 0.0777. The number of aliphatic carboxylic acids is 1. The second-order valence-electron chi connectivity index (χ2n) is 5.44. The molecule has 0 radical (unpaired) electrons. The monoisotopic (exact) mass is 342 g/mol. The molecule has 1 aromatic carbocycles. The van der Waals surface area contributed by atoms with E-state index in [1.807, 2.05) is 30.3 Å². The van der Waals surface area contributed by atoms with Crippen molar-refractivity contribution in [1.82, 2.24) is 10.0 Å². The summed E-state index contributed by atoms with van der Waals surface area (Å²) in [5.74, 6) is -1.43. The predicted octanol–water partition coefficient (Wildman–Crippen LogP) is 0.516. The Hall–Kier alpha value is -1.93. The number of benzene rings is 1. The summed E-state index contributed by atoms with van der Waals surface area (Å²) in [4.78, 5) is 22.8. The van der Waals surface area contributed by atoms with Crippen molar-refractivity contribution >= 4 is 21.9 Å². The molecule has 1 rings (SSSR count). The first-order chi connectivity index (χ1) is 10.7. The van der Waals surface area contributed by atoms with E-state index in [2.05, 4.69) is 10.0 Å². The normalized spacial score (nSPS) is 14.0. The lowest BCUT2D eigenvalue weighted by molar-refractivity contribution is -0.137. The number of hydrogen-bond acceptors (Lipinski definition) is 4. The number of carboxylic acid groups (broad SMARTS) is 1. The summed E-state index contributed by atoms with van der Waals surface area (Å²) < 4.78 is 24.5. The summed E-state index contributed by atoms with van der Waals surface area (Å²) in [5.41, 5.74) is 0.965. The van der Waals surface area contributed by atoms with Crippen molar-refractivity contribution in [2.75, 3.05) is 6.26 Å². The second-order valence-corrected chi connectivity index (χ2v) is 7.22. The van der Waals surface area contributed by atoms with E-state index in [0.717, 1.165) is 11.8 Å². The van der Waals surface area contributed by atoms with Crippen LogP contribution in [0.5, 0.6) is 0 Å². The standard InChI is InChI=1S/C15H22N2O5S/c1-11(17-23(2,21)22)15(20)16-13(8-9-14(18)19)10-12-6-4-3-5-7-12/h3-7,11,13,17H,8-10H2,1-2H3,(H,16,20)(H,18,19). The SMILES string of the molecule is CC(NS(C)(=O)=O)C(=O)NC(CCC(=O)O)Cc1ccccc1. The smallest absolute Gasteiger partial charge is 0.303 e. The van der Waals surface area contributed by atoms with Crippen molar-refractivity contribution < 1.29 is 23.1 Å². The maximum Gasteiger partial charge on any atom is 0.303 e. The topological polar surface area (TPSA) is 113 Å². The molecule has 0 aliphatic carbocycles. The van der Waals surface area contributed by atoms with Crippen LogP contribution in [-0.4, -0.2) is 43.7 Å². The molecule has 0 bridgehead atoms. The van der Waals surface area contributed by atoms with E-state index in [4.69, 9.17) is 5.11 Å². The van der Waals surface area contributed by atoms with E-state index in [0.29, 0.717) is 6.42 Å². The van der Waals surface area contributed by atoms with Gasteiger partial charge in [0.25, 0.3) is 0 Å². The molecule has 7 nitrogen and oxygen atoms in total. The number of sulfonamides is 1. The lowest BCUT2D eigenvalue weighted by Gasteiger charge is -2.21. The molecule has 0 aliphatic rings. The fourth-order valence-electron chi connectivity index (χ4n) is 2.12. The molecular formula is C15H22N2O5S. The molecule has 1 amide bonds. The molecule has 2 unspecified atom stereocenters. The molecular weight excluding hydrogens is 320 g/mol. The molecule has 2 atom stereocenters. The van der Waals surface area contributed by atoms with Crippen LogP contribution < -0.4 is 10.0 Å². The van der Waals surface area contributed by atoms with Gasteiger partial charge in [-0.1, -0.05) is 30.3 Å². The van der Waals surface area contributed by atoms with E-state index in [1.54, 1.807) is 0 Å².